The van der Waals surface area contributed by atoms with Gasteiger partial charge in [-0.1, -0.05) is 0 Å². The van der Waals surface area contributed by atoms with Gasteiger partial charge in [-0.15, -0.1) is 0 Å². The second-order valence-electron chi connectivity index (χ2n) is 3.54. The van der Waals surface area contributed by atoms with Gasteiger partial charge in [-0.25, -0.2) is 0 Å². The van der Waals surface area contributed by atoms with Crippen LogP contribution in [0.4, 0.5) is 5.69 Å². The van der Waals surface area contributed by atoms with Gasteiger partial charge in [-0.2, -0.15) is 0 Å². The first-order chi connectivity index (χ1) is 8.58. The zero-order valence-corrected chi connectivity index (χ0v) is 10.4. The van der Waals surface area contributed by atoms with E-state index < -0.39 is 0 Å². The average Bonchev–Trinajstić information content (AvgIpc) is 2.38. The van der Waals surface area contributed by atoms with Crippen LogP contribution < -0.4 is 21.1 Å². The van der Waals surface area contributed by atoms with Crippen LogP contribution in [0, 0.1) is 0 Å². The van der Waals surface area contributed by atoms with Gasteiger partial charge in [-0.05, 0) is 25.1 Å². The van der Waals surface area contributed by atoms with Gasteiger partial charge in [0, 0.05) is 12.6 Å². The van der Waals surface area contributed by atoms with E-state index in [4.69, 9.17) is 10.5 Å². The molecule has 0 saturated heterocycles. The molecule has 0 spiro atoms. The van der Waals surface area contributed by atoms with Crippen LogP contribution in [0.25, 0.3) is 0 Å². The van der Waals surface area contributed by atoms with Gasteiger partial charge in [0.15, 0.2) is 0 Å². The minimum absolute atomic E-state index is 0.0670. The molecule has 2 amide bonds. The molecule has 4 N–H and O–H groups in total. The molecule has 0 saturated carbocycles. The number of nitrogens with one attached hydrogen (secondary N) is 2. The molecule has 0 aliphatic rings. The Morgan fingerprint density at radius 3 is 2.67 bits per heavy atom. The van der Waals surface area contributed by atoms with E-state index in [0.29, 0.717) is 23.6 Å². The van der Waals surface area contributed by atoms with Crippen molar-refractivity contribution in [2.24, 2.45) is 0 Å². The van der Waals surface area contributed by atoms with E-state index in [2.05, 4.69) is 10.6 Å². The van der Waals surface area contributed by atoms with E-state index in [9.17, 15) is 9.59 Å². The number of hydrogen-bond acceptors (Lipinski definition) is 4. The van der Waals surface area contributed by atoms with Crippen LogP contribution in [0.5, 0.6) is 5.75 Å². The minimum atomic E-state index is -0.353. The molecule has 1 aromatic carbocycles. The summed E-state index contributed by atoms with van der Waals surface area (Å²) >= 11 is 0. The smallest absolute Gasteiger partial charge is 0.251 e. The third kappa shape index (κ3) is 3.65. The summed E-state index contributed by atoms with van der Waals surface area (Å²) in [6.07, 6.45) is 0. The van der Waals surface area contributed by atoms with Crippen LogP contribution in [-0.2, 0) is 4.79 Å². The monoisotopic (exact) mass is 251 g/mol. The zero-order chi connectivity index (χ0) is 13.5. The average molecular weight is 251 g/mol. The van der Waals surface area contributed by atoms with Crippen LogP contribution in [0.2, 0.25) is 0 Å². The third-order valence-electron chi connectivity index (χ3n) is 2.26. The standard InChI is InChI=1S/C12H17N3O3/c1-3-18-10-5-4-8(6-9(10)13)12(17)15-7-11(16)14-2/h4-6H,3,7,13H2,1-2H3,(H,14,16)(H,15,17). The Hall–Kier alpha value is -2.24. The Morgan fingerprint density at radius 1 is 1.39 bits per heavy atom. The molecule has 1 aromatic rings. The lowest BCUT2D eigenvalue weighted by atomic mass is 10.1. The van der Waals surface area contributed by atoms with Crippen LogP contribution in [-0.4, -0.2) is 32.0 Å². The summed E-state index contributed by atoms with van der Waals surface area (Å²) in [5, 5.41) is 4.89. The second kappa shape index (κ2) is 6.48. The lowest BCUT2D eigenvalue weighted by Gasteiger charge is -2.09. The summed E-state index contributed by atoms with van der Waals surface area (Å²) in [5.41, 5.74) is 6.52. The van der Waals surface area contributed by atoms with Gasteiger partial charge in [0.05, 0.1) is 18.8 Å². The van der Waals surface area contributed by atoms with Crippen molar-refractivity contribution in [2.45, 2.75) is 6.92 Å². The Labute approximate surface area is 105 Å². The van der Waals surface area contributed by atoms with Crippen molar-refractivity contribution in [3.05, 3.63) is 23.8 Å². The molecule has 0 aliphatic heterocycles. The summed E-state index contributed by atoms with van der Waals surface area (Å²) in [4.78, 5) is 22.7. The van der Waals surface area contributed by atoms with E-state index in [1.165, 1.54) is 13.1 Å². The summed E-state index contributed by atoms with van der Waals surface area (Å²) in [6, 6.07) is 4.75. The fourth-order valence-corrected chi connectivity index (χ4v) is 1.33. The largest absolute Gasteiger partial charge is 0.492 e. The quantitative estimate of drug-likeness (QED) is 0.649. The number of anilines is 1. The number of ether oxygens (including phenoxy) is 1. The molecule has 6 heteroatoms. The molecule has 1 rings (SSSR count). The Morgan fingerprint density at radius 2 is 2.11 bits per heavy atom. The molecule has 0 heterocycles. The second-order valence-corrected chi connectivity index (χ2v) is 3.54. The Balaban J connectivity index is 2.69. The number of nitrogens with two attached hydrogens (primary N) is 1. The maximum absolute atomic E-state index is 11.7. The lowest BCUT2D eigenvalue weighted by molar-refractivity contribution is -0.119. The highest BCUT2D eigenvalue weighted by atomic mass is 16.5. The normalized spacial score (nSPS) is 9.67. The summed E-state index contributed by atoms with van der Waals surface area (Å²) < 4.78 is 5.27. The molecule has 98 valence electrons. The topological polar surface area (TPSA) is 93.4 Å². The Kier molecular flexibility index (Phi) is 4.98. The predicted molar refractivity (Wildman–Crippen MR) is 68.4 cm³/mol. The molecule has 0 bridgehead atoms. The number of hydrogen-bond donors (Lipinski definition) is 3. The van der Waals surface area contributed by atoms with Crippen molar-refractivity contribution < 1.29 is 14.3 Å². The van der Waals surface area contributed by atoms with E-state index in [0.717, 1.165) is 0 Å². The number of likely N-dealkylation sites (N-methyl/N-ethyl adjacent to an activating group) is 1. The van der Waals surface area contributed by atoms with Crippen molar-refractivity contribution in [3.63, 3.8) is 0 Å². The molecule has 0 fully saturated rings. The van der Waals surface area contributed by atoms with Gasteiger partial charge in [0.25, 0.3) is 5.91 Å². The van der Waals surface area contributed by atoms with E-state index in [-0.39, 0.29) is 18.4 Å². The minimum Gasteiger partial charge on any atom is -0.492 e. The number of rotatable bonds is 5. The highest BCUT2D eigenvalue weighted by Crippen LogP contribution is 2.22. The molecule has 0 radical (unpaired) electrons. The van der Waals surface area contributed by atoms with Gasteiger partial charge >= 0.3 is 0 Å². The number of carbonyl (C=O) groups excluding carboxylic acids is 2. The predicted octanol–water partition coefficient (Wildman–Crippen LogP) is 0.143. The SMILES string of the molecule is CCOc1ccc(C(=O)NCC(=O)NC)cc1N. The van der Waals surface area contributed by atoms with Crippen molar-refractivity contribution in [1.29, 1.82) is 0 Å². The van der Waals surface area contributed by atoms with Crippen molar-refractivity contribution in [1.82, 2.24) is 10.6 Å². The van der Waals surface area contributed by atoms with Crippen molar-refractivity contribution >= 4 is 17.5 Å². The molecule has 0 atom stereocenters. The van der Waals surface area contributed by atoms with Crippen LogP contribution in [0.1, 0.15) is 17.3 Å². The van der Waals surface area contributed by atoms with Crippen LogP contribution >= 0.6 is 0 Å². The van der Waals surface area contributed by atoms with Gasteiger partial charge in [0.2, 0.25) is 5.91 Å². The fraction of sp³-hybridized carbons (Fsp3) is 0.333. The number of carbonyl (C=O) groups is 2. The van der Waals surface area contributed by atoms with Gasteiger partial charge in [-0.3, -0.25) is 9.59 Å². The van der Waals surface area contributed by atoms with E-state index in [1.54, 1.807) is 12.1 Å². The zero-order valence-electron chi connectivity index (χ0n) is 10.4. The van der Waals surface area contributed by atoms with E-state index in [1.807, 2.05) is 6.92 Å². The van der Waals surface area contributed by atoms with Crippen molar-refractivity contribution in [3.8, 4) is 5.75 Å². The Bertz CT molecular complexity index is 446. The molecule has 0 aromatic heterocycles. The summed E-state index contributed by atoms with van der Waals surface area (Å²) in [5.74, 6) is -0.0732. The summed E-state index contributed by atoms with van der Waals surface area (Å²) in [6.45, 7) is 2.29. The third-order valence-corrected chi connectivity index (χ3v) is 2.26. The maximum atomic E-state index is 11.7. The molecular weight excluding hydrogens is 234 g/mol. The van der Waals surface area contributed by atoms with Gasteiger partial charge in [0.1, 0.15) is 5.75 Å². The lowest BCUT2D eigenvalue weighted by Crippen LogP contribution is -2.35. The molecule has 0 unspecified atom stereocenters. The fourth-order valence-electron chi connectivity index (χ4n) is 1.33. The first-order valence-electron chi connectivity index (χ1n) is 5.59. The first-order valence-corrected chi connectivity index (χ1v) is 5.59. The summed E-state index contributed by atoms with van der Waals surface area (Å²) in [7, 11) is 1.50. The number of nitrogen functional groups attached to an aromatic ring is 1. The number of benzene rings is 1. The highest BCUT2D eigenvalue weighted by molar-refractivity contribution is 5.97. The highest BCUT2D eigenvalue weighted by Gasteiger charge is 2.09. The molecular formula is C12H17N3O3. The first kappa shape index (κ1) is 13.8. The molecule has 0 aliphatic carbocycles. The number of amides is 2. The van der Waals surface area contributed by atoms with Crippen LogP contribution in [0.3, 0.4) is 0 Å². The van der Waals surface area contributed by atoms with Crippen LogP contribution in [0.15, 0.2) is 18.2 Å². The maximum Gasteiger partial charge on any atom is 0.251 e. The molecule has 18 heavy (non-hydrogen) atoms. The van der Waals surface area contributed by atoms with Gasteiger partial charge < -0.3 is 21.1 Å². The van der Waals surface area contributed by atoms with Crippen molar-refractivity contribution in [2.75, 3.05) is 25.9 Å². The van der Waals surface area contributed by atoms with E-state index >= 15 is 0 Å². The molecule has 6 nitrogen and oxygen atoms in total.